The molecule has 0 unspecified atom stereocenters. The molecule has 6 aromatic carbocycles. The Balaban J connectivity index is 0.000000165. The van der Waals surface area contributed by atoms with Crippen molar-refractivity contribution in [2.75, 3.05) is 11.5 Å². The molecule has 0 aliphatic carbocycles. The van der Waals surface area contributed by atoms with Gasteiger partial charge in [-0.1, -0.05) is 129 Å². The molecule has 0 aliphatic heterocycles. The van der Waals surface area contributed by atoms with Crippen molar-refractivity contribution in [3.05, 3.63) is 157 Å². The Morgan fingerprint density at radius 3 is 1.32 bits per heavy atom. The molecule has 0 radical (unpaired) electrons. The van der Waals surface area contributed by atoms with E-state index in [4.69, 9.17) is 16.5 Å². The van der Waals surface area contributed by atoms with Gasteiger partial charge in [-0.25, -0.2) is 4.98 Å². The van der Waals surface area contributed by atoms with Gasteiger partial charge < -0.3 is 11.5 Å². The van der Waals surface area contributed by atoms with Crippen LogP contribution in [-0.2, 0) is 0 Å². The largest absolute Gasteiger partial charge is 0.398 e. The van der Waals surface area contributed by atoms with Crippen LogP contribution in [-0.4, -0.2) is 11.1 Å². The summed E-state index contributed by atoms with van der Waals surface area (Å²) in [5.74, 6) is 0. The molecule has 0 atom stereocenters. The molecule has 0 saturated heterocycles. The zero-order chi connectivity index (χ0) is 32.8. The van der Waals surface area contributed by atoms with Crippen LogP contribution in [0, 0.1) is 13.8 Å². The molecule has 4 nitrogen and oxygen atoms in total. The number of rotatable bonds is 7. The van der Waals surface area contributed by atoms with Crippen LogP contribution in [0.25, 0.3) is 27.8 Å². The van der Waals surface area contributed by atoms with Crippen molar-refractivity contribution in [2.24, 2.45) is 0 Å². The maximum absolute atomic E-state index is 6.17. The molecule has 1 aromatic heterocycles. The summed E-state index contributed by atoms with van der Waals surface area (Å²) in [5.41, 5.74) is 25.1. The first-order chi connectivity index (χ1) is 22.9. The van der Waals surface area contributed by atoms with Gasteiger partial charge in [0.15, 0.2) is 0 Å². The van der Waals surface area contributed by atoms with Gasteiger partial charge in [-0.2, -0.15) is 22.7 Å². The summed E-state index contributed by atoms with van der Waals surface area (Å²) >= 11 is 0. The van der Waals surface area contributed by atoms with E-state index in [0.717, 1.165) is 50.3 Å². The molecule has 0 bridgehead atoms. The average Bonchev–Trinajstić information content (AvgIpc) is 3.11. The predicted octanol–water partition coefficient (Wildman–Crippen LogP) is 7.40. The number of para-hydroxylation sites is 1. The van der Waals surface area contributed by atoms with Gasteiger partial charge in [0.25, 0.3) is 0 Å². The Hall–Kier alpha value is -5.42. The lowest BCUT2D eigenvalue weighted by Crippen LogP contribution is -2.66. The molecule has 0 aliphatic rings. The molecular weight excluding hydrogens is 571 g/mol. The smallest absolute Gasteiger partial charge is 0.239 e. The average molecular weight is 615 g/mol. The Labute approximate surface area is 278 Å². The van der Waals surface area contributed by atoms with E-state index in [1.54, 1.807) is 0 Å². The van der Waals surface area contributed by atoms with Crippen LogP contribution >= 0.6 is 0 Å². The zero-order valence-corrected chi connectivity index (χ0v) is 27.6. The highest BCUT2D eigenvalue weighted by atomic mass is 15.0. The number of fused-ring (bicyclic) bond motifs is 2. The number of aromatic nitrogens is 2. The van der Waals surface area contributed by atoms with Gasteiger partial charge in [0, 0.05) is 35.6 Å². The Bertz CT molecular complexity index is 1940. The molecular formula is C42H43BN4. The summed E-state index contributed by atoms with van der Waals surface area (Å²) in [4.78, 5) is 4.84. The second-order valence-corrected chi connectivity index (χ2v) is 12.6. The fourth-order valence-corrected chi connectivity index (χ4v) is 6.98. The molecule has 0 saturated carbocycles. The van der Waals surface area contributed by atoms with Crippen molar-refractivity contribution in [1.29, 1.82) is 0 Å². The van der Waals surface area contributed by atoms with E-state index >= 15 is 0 Å². The second-order valence-electron chi connectivity index (χ2n) is 12.6. The van der Waals surface area contributed by atoms with Gasteiger partial charge in [0.2, 0.25) is 16.7 Å². The zero-order valence-electron chi connectivity index (χ0n) is 27.6. The SMILES string of the molecule is CCCC[B-](c1ccccc1)(c1ccccc1)c1ccccc1.Cc1cc2nc3cc(C)c(N)cc3[n+](-c3ccccc3)c2cc1N. The number of nitrogen functional groups attached to an aromatic ring is 2. The lowest BCUT2D eigenvalue weighted by molar-refractivity contribution is -0.538. The second kappa shape index (κ2) is 13.9. The molecule has 7 aromatic rings. The third-order valence-electron chi connectivity index (χ3n) is 9.56. The molecule has 0 fully saturated rings. The van der Waals surface area contributed by atoms with Gasteiger partial charge in [-0.05, 0) is 37.1 Å². The van der Waals surface area contributed by atoms with E-state index in [9.17, 15) is 0 Å². The number of nitrogens with two attached hydrogens (primary N) is 2. The van der Waals surface area contributed by atoms with E-state index in [-0.39, 0.29) is 0 Å². The highest BCUT2D eigenvalue weighted by Gasteiger charge is 2.29. The van der Waals surface area contributed by atoms with Gasteiger partial charge in [0.05, 0.1) is 6.15 Å². The van der Waals surface area contributed by atoms with E-state index in [1.807, 2.05) is 56.3 Å². The number of unbranched alkanes of at least 4 members (excludes halogenated alkanes) is 1. The quantitative estimate of drug-likeness (QED) is 0.0851. The summed E-state index contributed by atoms with van der Waals surface area (Å²) < 4.78 is 2.17. The van der Waals surface area contributed by atoms with Crippen molar-refractivity contribution in [3.8, 4) is 5.69 Å². The summed E-state index contributed by atoms with van der Waals surface area (Å²) in [7, 11) is 0. The minimum atomic E-state index is -0.913. The fraction of sp³-hybridized carbons (Fsp3) is 0.143. The maximum Gasteiger partial charge on any atom is 0.239 e. The Morgan fingerprint density at radius 1 is 0.553 bits per heavy atom. The number of hydrogen-bond acceptors (Lipinski definition) is 3. The van der Waals surface area contributed by atoms with Crippen LogP contribution in [0.2, 0.25) is 6.32 Å². The predicted molar refractivity (Wildman–Crippen MR) is 203 cm³/mol. The van der Waals surface area contributed by atoms with Crippen LogP contribution in [0.3, 0.4) is 0 Å². The standard InChI is InChI=1S/C22H24B.C20H18N4/c1-2-3-19-23(20-13-7-4-8-14-20,21-15-9-5-10-16-21)22-17-11-6-12-18-22;1-12-8-17-19(10-15(12)21)24(14-6-4-3-5-7-14)20-11-16(22)13(2)9-18(20)23-17/h4-18H,2-3,19H2,1H3;3-11H,1-2H3,(H3,21,22)/q-1;/p+1. The van der Waals surface area contributed by atoms with Gasteiger partial charge in [-0.15, -0.1) is 4.57 Å². The molecule has 1 heterocycles. The number of hydrogen-bond donors (Lipinski definition) is 2. The Kier molecular flexibility index (Phi) is 9.35. The maximum atomic E-state index is 6.17. The molecule has 47 heavy (non-hydrogen) atoms. The summed E-state index contributed by atoms with van der Waals surface area (Å²) in [5, 5.41) is 0. The van der Waals surface area contributed by atoms with Gasteiger partial charge in [-0.3, -0.25) is 0 Å². The van der Waals surface area contributed by atoms with Gasteiger partial charge >= 0.3 is 0 Å². The van der Waals surface area contributed by atoms with Crippen molar-refractivity contribution >= 4 is 56.0 Å². The van der Waals surface area contributed by atoms with Crippen molar-refractivity contribution < 1.29 is 4.57 Å². The monoisotopic (exact) mass is 614 g/mol. The number of aryl methyl sites for hydroxylation is 2. The number of nitrogens with zero attached hydrogens (tertiary/aromatic N) is 2. The molecule has 234 valence electrons. The summed E-state index contributed by atoms with van der Waals surface area (Å²) in [6.07, 6.45) is 2.73. The van der Waals surface area contributed by atoms with Gasteiger partial charge in [0.1, 0.15) is 11.0 Å². The summed E-state index contributed by atoms with van der Waals surface area (Å²) in [6.45, 7) is 6.28. The highest BCUT2D eigenvalue weighted by molar-refractivity contribution is 7.11. The minimum absolute atomic E-state index is 0.758. The summed E-state index contributed by atoms with van der Waals surface area (Å²) in [6, 6.07) is 51.4. The third kappa shape index (κ3) is 6.35. The van der Waals surface area contributed by atoms with Crippen molar-refractivity contribution in [3.63, 3.8) is 0 Å². The first-order valence-electron chi connectivity index (χ1n) is 16.6. The number of anilines is 2. The first kappa shape index (κ1) is 31.6. The van der Waals surface area contributed by atoms with Crippen molar-refractivity contribution in [1.82, 2.24) is 4.98 Å². The Morgan fingerprint density at radius 2 is 0.936 bits per heavy atom. The normalized spacial score (nSPS) is 11.3. The molecule has 0 amide bonds. The van der Waals surface area contributed by atoms with E-state index in [2.05, 4.69) is 115 Å². The van der Waals surface area contributed by atoms with Crippen LogP contribution < -0.4 is 32.4 Å². The van der Waals surface area contributed by atoms with Crippen LogP contribution in [0.1, 0.15) is 30.9 Å². The lowest BCUT2D eigenvalue weighted by Gasteiger charge is -2.43. The molecule has 4 N–H and O–H groups in total. The van der Waals surface area contributed by atoms with E-state index in [0.29, 0.717) is 0 Å². The minimum Gasteiger partial charge on any atom is -0.398 e. The third-order valence-corrected chi connectivity index (χ3v) is 9.56. The molecule has 5 heteroatoms. The van der Waals surface area contributed by atoms with Crippen LogP contribution in [0.4, 0.5) is 11.4 Å². The van der Waals surface area contributed by atoms with Crippen LogP contribution in [0.15, 0.2) is 146 Å². The highest BCUT2D eigenvalue weighted by Crippen LogP contribution is 2.25. The van der Waals surface area contributed by atoms with E-state index < -0.39 is 6.15 Å². The fourth-order valence-electron chi connectivity index (χ4n) is 6.98. The first-order valence-corrected chi connectivity index (χ1v) is 16.6. The van der Waals surface area contributed by atoms with Crippen molar-refractivity contribution in [2.45, 2.75) is 39.9 Å². The number of benzene rings is 6. The topological polar surface area (TPSA) is 68.8 Å². The van der Waals surface area contributed by atoms with Crippen LogP contribution in [0.5, 0.6) is 0 Å². The lowest BCUT2D eigenvalue weighted by atomic mass is 9.14. The van der Waals surface area contributed by atoms with E-state index in [1.165, 1.54) is 35.6 Å². The molecule has 7 rings (SSSR count). The molecule has 0 spiro atoms.